The zero-order valence-electron chi connectivity index (χ0n) is 11.6. The molecule has 1 aromatic heterocycles. The van der Waals surface area contributed by atoms with Gasteiger partial charge in [0.1, 0.15) is 0 Å². The number of hydrogen-bond donors (Lipinski definition) is 3. The normalized spacial score (nSPS) is 11.1. The highest BCUT2D eigenvalue weighted by molar-refractivity contribution is 7.88. The Kier molecular flexibility index (Phi) is 6.40. The Morgan fingerprint density at radius 1 is 1.35 bits per heavy atom. The average Bonchev–Trinajstić information content (AvgIpc) is 2.38. The first kappa shape index (κ1) is 16.4. The van der Waals surface area contributed by atoms with Crippen LogP contribution in [0.2, 0.25) is 0 Å². The molecule has 8 heteroatoms. The van der Waals surface area contributed by atoms with Gasteiger partial charge in [0.05, 0.1) is 23.7 Å². The quantitative estimate of drug-likeness (QED) is 0.595. The summed E-state index contributed by atoms with van der Waals surface area (Å²) in [5.74, 6) is -0.206. The summed E-state index contributed by atoms with van der Waals surface area (Å²) in [5, 5.41) is 5.81. The van der Waals surface area contributed by atoms with E-state index in [-0.39, 0.29) is 5.91 Å². The second-order valence-electron chi connectivity index (χ2n) is 4.23. The van der Waals surface area contributed by atoms with Crippen molar-refractivity contribution in [3.05, 3.63) is 24.0 Å². The fourth-order valence-electron chi connectivity index (χ4n) is 1.57. The summed E-state index contributed by atoms with van der Waals surface area (Å²) in [6, 6.07) is 1.64. The molecule has 3 N–H and O–H groups in total. The second-order valence-corrected chi connectivity index (χ2v) is 6.06. The lowest BCUT2D eigenvalue weighted by molar-refractivity contribution is 0.0954. The van der Waals surface area contributed by atoms with Crippen LogP contribution in [0.5, 0.6) is 0 Å². The molecule has 20 heavy (non-hydrogen) atoms. The van der Waals surface area contributed by atoms with E-state index in [1.807, 2.05) is 6.92 Å². The Morgan fingerprint density at radius 2 is 2.10 bits per heavy atom. The van der Waals surface area contributed by atoms with Crippen LogP contribution in [0, 0.1) is 0 Å². The first-order valence-corrected chi connectivity index (χ1v) is 8.24. The van der Waals surface area contributed by atoms with Crippen LogP contribution in [0.1, 0.15) is 23.7 Å². The van der Waals surface area contributed by atoms with Gasteiger partial charge in [-0.3, -0.25) is 9.78 Å². The maximum atomic E-state index is 12.0. The number of nitrogens with one attached hydrogen (secondary N) is 3. The molecule has 112 valence electrons. The Bertz CT molecular complexity index is 545. The van der Waals surface area contributed by atoms with Gasteiger partial charge in [-0.2, -0.15) is 0 Å². The third kappa shape index (κ3) is 5.98. The van der Waals surface area contributed by atoms with Gasteiger partial charge in [0.15, 0.2) is 0 Å². The minimum absolute atomic E-state index is 0.206. The summed E-state index contributed by atoms with van der Waals surface area (Å²) in [6.07, 6.45) is 4.79. The molecule has 0 aliphatic rings. The van der Waals surface area contributed by atoms with E-state index < -0.39 is 10.0 Å². The van der Waals surface area contributed by atoms with Gasteiger partial charge in [0.25, 0.3) is 5.91 Å². The Hall–Kier alpha value is -1.67. The molecular weight excluding hydrogens is 280 g/mol. The molecular formula is C12H20N4O3S. The Labute approximate surface area is 119 Å². The van der Waals surface area contributed by atoms with Gasteiger partial charge < -0.3 is 10.6 Å². The smallest absolute Gasteiger partial charge is 0.253 e. The van der Waals surface area contributed by atoms with Crippen molar-refractivity contribution < 1.29 is 13.2 Å². The van der Waals surface area contributed by atoms with E-state index in [2.05, 4.69) is 20.3 Å². The summed E-state index contributed by atoms with van der Waals surface area (Å²) in [4.78, 5) is 15.9. The largest absolute Gasteiger partial charge is 0.383 e. The molecule has 1 rings (SSSR count). The van der Waals surface area contributed by atoms with E-state index in [1.165, 1.54) is 0 Å². The lowest BCUT2D eigenvalue weighted by Gasteiger charge is -2.10. The number of hydrogen-bond acceptors (Lipinski definition) is 5. The van der Waals surface area contributed by atoms with Crippen molar-refractivity contribution in [2.45, 2.75) is 13.3 Å². The highest BCUT2D eigenvalue weighted by Gasteiger charge is 2.10. The molecule has 1 amide bonds. The standard InChI is InChI=1S/C12H20N4O3S/c1-3-14-11-9-13-8-5-10(11)12(17)15-6-4-7-16-20(2,18)19/h5,8-9,14,16H,3-4,6-7H2,1-2H3,(H,15,17). The molecule has 0 bridgehead atoms. The van der Waals surface area contributed by atoms with Gasteiger partial charge in [-0.1, -0.05) is 0 Å². The maximum Gasteiger partial charge on any atom is 0.253 e. The zero-order chi connectivity index (χ0) is 15.0. The molecule has 1 heterocycles. The predicted molar refractivity (Wildman–Crippen MR) is 78.2 cm³/mol. The molecule has 0 unspecified atom stereocenters. The van der Waals surface area contributed by atoms with E-state index in [0.29, 0.717) is 37.3 Å². The van der Waals surface area contributed by atoms with Gasteiger partial charge >= 0.3 is 0 Å². The van der Waals surface area contributed by atoms with Crippen LogP contribution in [0.15, 0.2) is 18.5 Å². The van der Waals surface area contributed by atoms with Crippen molar-refractivity contribution in [1.82, 2.24) is 15.0 Å². The zero-order valence-corrected chi connectivity index (χ0v) is 12.5. The summed E-state index contributed by atoms with van der Waals surface area (Å²) in [6.45, 7) is 3.33. The van der Waals surface area contributed by atoms with Crippen LogP contribution in [0.3, 0.4) is 0 Å². The van der Waals surface area contributed by atoms with Crippen molar-refractivity contribution in [2.24, 2.45) is 0 Å². The third-order valence-electron chi connectivity index (χ3n) is 2.44. The minimum Gasteiger partial charge on any atom is -0.383 e. The lowest BCUT2D eigenvalue weighted by Crippen LogP contribution is -2.29. The predicted octanol–water partition coefficient (Wildman–Crippen LogP) is 0.183. The molecule has 0 saturated carbocycles. The van der Waals surface area contributed by atoms with E-state index in [1.54, 1.807) is 18.5 Å². The number of carbonyl (C=O) groups is 1. The summed E-state index contributed by atoms with van der Waals surface area (Å²) in [7, 11) is -3.17. The molecule has 7 nitrogen and oxygen atoms in total. The van der Waals surface area contributed by atoms with E-state index >= 15 is 0 Å². The number of sulfonamides is 1. The fourth-order valence-corrected chi connectivity index (χ4v) is 2.08. The van der Waals surface area contributed by atoms with E-state index in [0.717, 1.165) is 6.26 Å². The molecule has 0 fully saturated rings. The first-order valence-electron chi connectivity index (χ1n) is 6.34. The van der Waals surface area contributed by atoms with Crippen LogP contribution in [-0.4, -0.2) is 45.2 Å². The van der Waals surface area contributed by atoms with Gasteiger partial charge in [0, 0.05) is 25.8 Å². The Morgan fingerprint density at radius 3 is 2.75 bits per heavy atom. The molecule has 0 spiro atoms. The minimum atomic E-state index is -3.17. The van der Waals surface area contributed by atoms with E-state index in [9.17, 15) is 13.2 Å². The third-order valence-corrected chi connectivity index (χ3v) is 3.16. The van der Waals surface area contributed by atoms with Crippen LogP contribution in [0.4, 0.5) is 5.69 Å². The van der Waals surface area contributed by atoms with Gasteiger partial charge in [0.2, 0.25) is 10.0 Å². The number of anilines is 1. The molecule has 0 atom stereocenters. The van der Waals surface area contributed by atoms with Crippen LogP contribution >= 0.6 is 0 Å². The van der Waals surface area contributed by atoms with Crippen molar-refractivity contribution in [3.8, 4) is 0 Å². The van der Waals surface area contributed by atoms with Crippen LogP contribution in [-0.2, 0) is 10.0 Å². The summed E-state index contributed by atoms with van der Waals surface area (Å²) >= 11 is 0. The first-order chi connectivity index (χ1) is 9.44. The molecule has 0 saturated heterocycles. The number of carbonyl (C=O) groups excluding carboxylic acids is 1. The topological polar surface area (TPSA) is 100 Å². The summed E-state index contributed by atoms with van der Waals surface area (Å²) < 4.78 is 24.1. The molecule has 0 aliphatic carbocycles. The molecule has 0 radical (unpaired) electrons. The molecule has 0 aliphatic heterocycles. The fraction of sp³-hybridized carbons (Fsp3) is 0.500. The van der Waals surface area contributed by atoms with Crippen molar-refractivity contribution in [2.75, 3.05) is 31.2 Å². The maximum absolute atomic E-state index is 12.0. The monoisotopic (exact) mass is 300 g/mol. The highest BCUT2D eigenvalue weighted by atomic mass is 32.2. The molecule has 0 aromatic carbocycles. The summed E-state index contributed by atoms with van der Waals surface area (Å²) in [5.41, 5.74) is 1.21. The Balaban J connectivity index is 2.43. The lowest BCUT2D eigenvalue weighted by atomic mass is 10.2. The van der Waals surface area contributed by atoms with Crippen molar-refractivity contribution in [1.29, 1.82) is 0 Å². The highest BCUT2D eigenvalue weighted by Crippen LogP contribution is 2.12. The second kappa shape index (κ2) is 7.81. The van der Waals surface area contributed by atoms with Crippen LogP contribution < -0.4 is 15.4 Å². The number of amides is 1. The van der Waals surface area contributed by atoms with Gasteiger partial charge in [-0.05, 0) is 19.4 Å². The number of aromatic nitrogens is 1. The average molecular weight is 300 g/mol. The SMILES string of the molecule is CCNc1cnccc1C(=O)NCCCNS(C)(=O)=O. The van der Waals surface area contributed by atoms with Gasteiger partial charge in [-0.25, -0.2) is 13.1 Å². The molecule has 1 aromatic rings. The number of pyridine rings is 1. The van der Waals surface area contributed by atoms with Gasteiger partial charge in [-0.15, -0.1) is 0 Å². The van der Waals surface area contributed by atoms with Crippen molar-refractivity contribution in [3.63, 3.8) is 0 Å². The van der Waals surface area contributed by atoms with Crippen molar-refractivity contribution >= 4 is 21.6 Å². The van der Waals surface area contributed by atoms with E-state index in [4.69, 9.17) is 0 Å². The van der Waals surface area contributed by atoms with Crippen LogP contribution in [0.25, 0.3) is 0 Å². The number of nitrogens with zero attached hydrogens (tertiary/aromatic N) is 1. The number of rotatable bonds is 8.